The Morgan fingerprint density at radius 1 is 0.863 bits per heavy atom. The summed E-state index contributed by atoms with van der Waals surface area (Å²) in [7, 11) is 9.21. The number of carbonyl (C=O) groups is 9. The van der Waals surface area contributed by atoms with Gasteiger partial charge in [0.2, 0.25) is 40.8 Å². The highest BCUT2D eigenvalue weighted by atomic mass is 127. The smallest absolute Gasteiger partial charge is 0.411 e. The van der Waals surface area contributed by atoms with Crippen LogP contribution < -0.4 is 41.4 Å². The maximum Gasteiger partial charge on any atom is 0.411 e. The number of aromatic nitrogens is 3. The van der Waals surface area contributed by atoms with Gasteiger partial charge in [-0.05, 0) is 114 Å². The Morgan fingerprint density at radius 2 is 1.57 bits per heavy atom. The van der Waals surface area contributed by atoms with Gasteiger partial charge < -0.3 is 104 Å². The van der Waals surface area contributed by atoms with E-state index in [0.29, 0.717) is 40.1 Å². The van der Waals surface area contributed by atoms with Crippen molar-refractivity contribution in [1.82, 2.24) is 41.3 Å². The molecule has 4 aliphatic heterocycles. The first-order valence-electron chi connectivity index (χ1n) is 40.4. The van der Waals surface area contributed by atoms with Crippen LogP contribution >= 0.6 is 79.5 Å². The van der Waals surface area contributed by atoms with Crippen molar-refractivity contribution in [3.8, 4) is 40.9 Å². The summed E-state index contributed by atoms with van der Waals surface area (Å²) in [5, 5.41) is 74.3. The molecule has 0 saturated carbocycles. The number of primary amides is 1. The number of rotatable bonds is 43. The minimum absolute atomic E-state index is 0.00299. The number of thioether (sulfide) groups is 3. The van der Waals surface area contributed by atoms with E-state index >= 15 is 0 Å². The quantitative estimate of drug-likeness (QED) is 0.0143. The van der Waals surface area contributed by atoms with Gasteiger partial charge in [-0.1, -0.05) is 75.2 Å². The molecule has 6 aliphatic rings. The van der Waals surface area contributed by atoms with Gasteiger partial charge in [-0.15, -0.1) is 5.10 Å². The summed E-state index contributed by atoms with van der Waals surface area (Å²) in [5.74, 6) is 8.68. The molecule has 36 nitrogen and oxygen atoms in total. The maximum absolute atomic E-state index is 14.6. The highest BCUT2D eigenvalue weighted by Crippen LogP contribution is 2.50. The molecule has 688 valence electrons. The van der Waals surface area contributed by atoms with Crippen molar-refractivity contribution in [1.29, 1.82) is 0 Å². The number of aliphatic hydroxyl groups excluding tert-OH is 4. The Bertz CT molecular complexity index is 4320. The number of nitrogens with zero attached hydrogens (tertiary/aromatic N) is 4. The lowest BCUT2D eigenvalue weighted by Crippen LogP contribution is -2.65. The van der Waals surface area contributed by atoms with Crippen molar-refractivity contribution in [3.63, 3.8) is 0 Å². The average molecular weight is 1950 g/mol. The minimum Gasteiger partial charge on any atom is -0.492 e. The first-order valence-corrected chi connectivity index (χ1v) is 47.5. The second kappa shape index (κ2) is 48.5. The number of nitrogens with two attached hydrogens (primary N) is 1. The number of benzene rings is 1. The topological polar surface area (TPSA) is 483 Å². The lowest BCUT2D eigenvalue weighted by molar-refractivity contribution is -0.337. The molecule has 1 aromatic carbocycles. The number of aryl methyl sites for hydroxylation is 1. The molecule has 5 amide bonds. The van der Waals surface area contributed by atoms with Crippen molar-refractivity contribution in [2.75, 3.05) is 73.5 Å². The van der Waals surface area contributed by atoms with Crippen LogP contribution in [0.2, 0.25) is 0 Å². The predicted octanol–water partition coefficient (Wildman–Crippen LogP) is 4.57. The third-order valence-electron chi connectivity index (χ3n) is 21.5. The van der Waals surface area contributed by atoms with Crippen LogP contribution in [0.25, 0.3) is 0 Å². The summed E-state index contributed by atoms with van der Waals surface area (Å²) >= 11 is 6.02. The number of allylic oxidation sites excluding steroid dienone is 3. The van der Waals surface area contributed by atoms with Crippen molar-refractivity contribution in [2.24, 2.45) is 11.7 Å². The summed E-state index contributed by atoms with van der Waals surface area (Å²) in [4.78, 5) is 129. The van der Waals surface area contributed by atoms with E-state index in [0.717, 1.165) is 30.3 Å². The zero-order chi connectivity index (χ0) is 91.2. The number of ether oxygens (including phenoxy) is 12. The lowest BCUT2D eigenvalue weighted by Gasteiger charge is -2.47. The van der Waals surface area contributed by atoms with Gasteiger partial charge in [0.1, 0.15) is 42.4 Å². The molecular weight excluding hydrogens is 1830 g/mol. The number of methoxy groups -OCH3 is 5. The number of aliphatic hydroxyl groups is 5. The van der Waals surface area contributed by atoms with Gasteiger partial charge >= 0.3 is 6.09 Å². The molecule has 11 N–H and O–H groups in total. The van der Waals surface area contributed by atoms with Crippen LogP contribution in [0, 0.1) is 40.1 Å². The van der Waals surface area contributed by atoms with Gasteiger partial charge in [0.25, 0.3) is 0 Å². The molecule has 2 aromatic rings. The molecular formula is C82H116IN9O27S5. The number of halogens is 1. The third kappa shape index (κ3) is 27.0. The van der Waals surface area contributed by atoms with Crippen LogP contribution in [0.4, 0.5) is 4.79 Å². The fourth-order valence-corrected chi connectivity index (χ4v) is 20.4. The number of Topliss-reactive ketones (excluding diaryl/α,β-unsaturated/α-hetero) is 3. The van der Waals surface area contributed by atoms with Crippen LogP contribution in [0.3, 0.4) is 0 Å². The molecule has 4 saturated heterocycles. The number of alkyl carbamates (subject to hydrolysis) is 1. The number of hydrogen-bond donors (Lipinski definition) is 10. The Labute approximate surface area is 756 Å². The van der Waals surface area contributed by atoms with Gasteiger partial charge in [0.05, 0.1) is 121 Å². The van der Waals surface area contributed by atoms with Crippen molar-refractivity contribution >= 4 is 132 Å². The van der Waals surface area contributed by atoms with Crippen molar-refractivity contribution < 1.29 is 130 Å². The standard InChI is InChI=1S/C82H116IN9O27S5/c1-17-91(46(7)93)51-38-112-60(35-57(51)107-10)117-73-68(101)65(89-119-61-34-54(96)75(45(6)113-61)123-77(104)62-42(3)64(83)71(74(110-13)70(62)108-11)118-78-69(102)72(109-12)67(100)44(5)115-78)43(4)114-79(73)116-56-25-20-18-19-21-28-82(106)37-55(97)66(87-80(105)111-14)63(56)48(82)27-31-122-124-81(8,9)36-47(94)24-22-29-85-76(103)41(2)32-53(95)49(33-58(84)98)86-59(99)26-23-30-92-52(40-121-16)50(39-120-15)88-90-92/h18-19,27,41,43-45,49,51,54,56-57,60-61,65,67-69,72-73,75,78-79,89,96,100-102,106H,17,22-24,26,29-40H2,1-16H3,(H2,84,98)(H,85,103)(H,86,99)(H,87,105)/b19-18-,48-27+/t41-,43?,44?,45?,49+,51?,54?,56+,57?,60?,61?,65?,67?,68?,69?,72?,73?,75?,78?,79?,82+/m1/s1. The SMILES string of the molecule is CCN(C(C)=O)C1COC(OC2C(O[C@H]3C#C/C=C\C#C[C@]4(O)CC(=O)C(NC(=O)OC)=C3/C4=C\CSSC(C)(C)CC(=O)CCCNC(=O)[C@H](C)CC(=O)[C@H](CC(N)=O)NC(=O)CCCn3nnc(CSC)c3CSC)OC(C)C(NOC3CC(O)C(SC(=O)c4c(C)c(I)c(OC5OC(C)C(O)C(OC)C5O)c(OC)c4OC)C(C)O3)C2O)CC1OC. The van der Waals surface area contributed by atoms with E-state index in [1.54, 1.807) is 66.9 Å². The number of ketones is 3. The Morgan fingerprint density at radius 3 is 2.23 bits per heavy atom. The minimum atomic E-state index is -2.27. The second-order valence-electron chi connectivity index (χ2n) is 31.0. The van der Waals surface area contributed by atoms with E-state index in [1.165, 1.54) is 76.0 Å². The van der Waals surface area contributed by atoms with Crippen LogP contribution in [0.15, 0.2) is 35.1 Å². The lowest BCUT2D eigenvalue weighted by atomic mass is 9.75. The highest BCUT2D eigenvalue weighted by Gasteiger charge is 2.53. The highest BCUT2D eigenvalue weighted by molar-refractivity contribution is 14.1. The second-order valence-corrected chi connectivity index (χ2v) is 38.0. The molecule has 17 unspecified atom stereocenters. The normalized spacial score (nSPS) is 28.6. The van der Waals surface area contributed by atoms with Crippen LogP contribution in [-0.4, -0.2) is 297 Å². The number of hydrogen-bond acceptors (Lipinski definition) is 35. The van der Waals surface area contributed by atoms with Crippen molar-refractivity contribution in [2.45, 2.75) is 271 Å². The van der Waals surface area contributed by atoms with Crippen LogP contribution in [0.1, 0.15) is 147 Å². The first kappa shape index (κ1) is 103. The molecule has 124 heavy (non-hydrogen) atoms. The molecule has 0 spiro atoms. The number of nitrogens with one attached hydrogen (secondary N) is 4. The zero-order valence-electron chi connectivity index (χ0n) is 72.3. The number of fused-ring (bicyclic) bond motifs is 2. The molecule has 1 aromatic heterocycles. The van der Waals surface area contributed by atoms with E-state index in [9.17, 15) is 68.7 Å². The monoisotopic (exact) mass is 1950 g/mol. The summed E-state index contributed by atoms with van der Waals surface area (Å²) in [5.41, 5.74) is 7.88. The largest absolute Gasteiger partial charge is 0.492 e. The molecule has 42 heteroatoms. The van der Waals surface area contributed by atoms with Crippen LogP contribution in [0.5, 0.6) is 17.2 Å². The molecule has 0 radical (unpaired) electrons. The fourth-order valence-electron chi connectivity index (χ4n) is 15.1. The number of carbonyl (C=O) groups excluding carboxylic acids is 9. The summed E-state index contributed by atoms with van der Waals surface area (Å²) in [6, 6.07) is -3.02. The molecule has 5 heterocycles. The van der Waals surface area contributed by atoms with E-state index < -0.39 is 185 Å². The molecule has 2 bridgehead atoms. The Hall–Kier alpha value is -6.19. The van der Waals surface area contributed by atoms with Crippen LogP contribution in [-0.2, 0) is 99.1 Å². The molecule has 21 atom stereocenters. The molecule has 2 aliphatic carbocycles. The Balaban J connectivity index is 0.944. The summed E-state index contributed by atoms with van der Waals surface area (Å²) < 4.78 is 74.4. The summed E-state index contributed by atoms with van der Waals surface area (Å²) in [6.07, 6.45) is -12.3. The first-order chi connectivity index (χ1) is 58.9. The third-order valence-corrected chi connectivity index (χ3v) is 28.4. The van der Waals surface area contributed by atoms with Crippen molar-refractivity contribution in [3.05, 3.63) is 61.2 Å². The molecule has 8 rings (SSSR count). The summed E-state index contributed by atoms with van der Waals surface area (Å²) in [6.45, 7) is 15.8. The number of hydroxylamine groups is 1. The van der Waals surface area contributed by atoms with E-state index in [2.05, 4.69) is 55.4 Å². The Kier molecular flexibility index (Phi) is 40.3. The number of amides is 5. The number of likely N-dealkylation sites (N-methyl/N-ethyl adjacent to an activating group) is 1. The maximum atomic E-state index is 14.6. The van der Waals surface area contributed by atoms with Gasteiger partial charge in [0.15, 0.2) is 47.5 Å². The van der Waals surface area contributed by atoms with E-state index in [4.69, 9.17) is 67.4 Å². The fraction of sp³-hybridized carbons (Fsp3) is 0.671. The van der Waals surface area contributed by atoms with E-state index in [-0.39, 0.29) is 115 Å². The van der Waals surface area contributed by atoms with E-state index in [1.807, 2.05) is 55.9 Å². The van der Waals surface area contributed by atoms with Gasteiger partial charge in [-0.25, -0.2) is 9.48 Å². The van der Waals surface area contributed by atoms with Gasteiger partial charge in [-0.2, -0.15) is 29.0 Å². The van der Waals surface area contributed by atoms with Gasteiger partial charge in [0, 0.05) is 118 Å². The predicted molar refractivity (Wildman–Crippen MR) is 470 cm³/mol. The zero-order valence-corrected chi connectivity index (χ0v) is 78.5. The average Bonchev–Trinajstić information content (AvgIpc) is 0.873. The molecule has 4 fully saturated rings. The van der Waals surface area contributed by atoms with Gasteiger partial charge in [-0.3, -0.25) is 48.5 Å².